The molecular weight excluding hydrogens is 295 g/mol. The van der Waals surface area contributed by atoms with Gasteiger partial charge in [-0.05, 0) is 18.8 Å². The van der Waals surface area contributed by atoms with E-state index in [4.69, 9.17) is 5.73 Å². The Labute approximate surface area is 117 Å². The van der Waals surface area contributed by atoms with Crippen LogP contribution in [-0.4, -0.2) is 18.5 Å². The summed E-state index contributed by atoms with van der Waals surface area (Å²) in [6.07, 6.45) is 2.37. The third kappa shape index (κ3) is 2.85. The molecule has 0 bridgehead atoms. The number of nitrogens with one attached hydrogen (secondary N) is 1. The molecule has 1 aliphatic rings. The molecule has 1 amide bonds. The molecule has 21 heavy (non-hydrogen) atoms. The van der Waals surface area contributed by atoms with Crippen LogP contribution in [0.1, 0.15) is 29.6 Å². The number of halogens is 5. The number of hydrogen-bond acceptors (Lipinski definition) is 2. The van der Waals surface area contributed by atoms with Crippen LogP contribution in [0.3, 0.4) is 0 Å². The van der Waals surface area contributed by atoms with Crippen LogP contribution in [0.4, 0.5) is 22.0 Å². The summed E-state index contributed by atoms with van der Waals surface area (Å²) in [5.41, 5.74) is 4.29. The van der Waals surface area contributed by atoms with E-state index in [1.807, 2.05) is 0 Å². The molecule has 2 unspecified atom stereocenters. The van der Waals surface area contributed by atoms with Gasteiger partial charge in [0.1, 0.15) is 5.56 Å². The molecule has 2 rings (SSSR count). The van der Waals surface area contributed by atoms with Gasteiger partial charge in [-0.1, -0.05) is 6.42 Å². The number of carbonyl (C=O) groups is 1. The van der Waals surface area contributed by atoms with E-state index in [-0.39, 0.29) is 18.5 Å². The topological polar surface area (TPSA) is 55.1 Å². The fourth-order valence-electron chi connectivity index (χ4n) is 2.44. The Morgan fingerprint density at radius 3 is 2.00 bits per heavy atom. The quantitative estimate of drug-likeness (QED) is 0.511. The van der Waals surface area contributed by atoms with Gasteiger partial charge in [0.15, 0.2) is 23.3 Å². The number of benzene rings is 1. The van der Waals surface area contributed by atoms with Crippen LogP contribution in [0.15, 0.2) is 0 Å². The molecule has 0 saturated heterocycles. The zero-order chi connectivity index (χ0) is 15.7. The second-order valence-corrected chi connectivity index (χ2v) is 5.01. The standard InChI is InChI=1S/C13H13F5N2O/c14-8-7(9(15)11(17)12(18)10(8)16)13(21)20-4-5-2-1-3-6(5)19/h5-6H,1-4,19H2,(H,20,21). The molecule has 2 atom stereocenters. The molecule has 1 saturated carbocycles. The normalized spacial score (nSPS) is 21.6. The lowest BCUT2D eigenvalue weighted by atomic mass is 10.0. The van der Waals surface area contributed by atoms with Gasteiger partial charge >= 0.3 is 0 Å². The first-order valence-electron chi connectivity index (χ1n) is 6.39. The predicted molar refractivity (Wildman–Crippen MR) is 63.9 cm³/mol. The van der Waals surface area contributed by atoms with E-state index in [9.17, 15) is 26.7 Å². The molecule has 0 aliphatic heterocycles. The first-order chi connectivity index (χ1) is 9.84. The van der Waals surface area contributed by atoms with Crippen molar-refractivity contribution in [1.82, 2.24) is 5.32 Å². The second kappa shape index (κ2) is 5.97. The molecule has 0 aromatic heterocycles. The Kier molecular flexibility index (Phi) is 4.46. The van der Waals surface area contributed by atoms with Crippen LogP contribution in [0.5, 0.6) is 0 Å². The highest BCUT2D eigenvalue weighted by Crippen LogP contribution is 2.25. The zero-order valence-electron chi connectivity index (χ0n) is 10.9. The van der Waals surface area contributed by atoms with Crippen LogP contribution < -0.4 is 11.1 Å². The molecule has 0 spiro atoms. The molecule has 3 N–H and O–H groups in total. The van der Waals surface area contributed by atoms with Crippen molar-refractivity contribution in [3.63, 3.8) is 0 Å². The summed E-state index contributed by atoms with van der Waals surface area (Å²) in [5, 5.41) is 2.17. The molecule has 1 aliphatic carbocycles. The molecule has 116 valence electrons. The average molecular weight is 308 g/mol. The lowest BCUT2D eigenvalue weighted by Gasteiger charge is -2.16. The summed E-state index contributed by atoms with van der Waals surface area (Å²) in [7, 11) is 0. The molecule has 0 heterocycles. The maximum absolute atomic E-state index is 13.4. The van der Waals surface area contributed by atoms with E-state index in [1.54, 1.807) is 0 Å². The van der Waals surface area contributed by atoms with Crippen LogP contribution in [0.25, 0.3) is 0 Å². The van der Waals surface area contributed by atoms with E-state index in [2.05, 4.69) is 5.32 Å². The Bertz CT molecular complexity index is 549. The van der Waals surface area contributed by atoms with E-state index in [1.165, 1.54) is 0 Å². The van der Waals surface area contributed by atoms with Crippen molar-refractivity contribution in [2.24, 2.45) is 11.7 Å². The smallest absolute Gasteiger partial charge is 0.257 e. The monoisotopic (exact) mass is 308 g/mol. The average Bonchev–Trinajstić information content (AvgIpc) is 2.86. The van der Waals surface area contributed by atoms with Crippen molar-refractivity contribution in [3.8, 4) is 0 Å². The summed E-state index contributed by atoms with van der Waals surface area (Å²) in [6.45, 7) is 0.0273. The van der Waals surface area contributed by atoms with Crippen LogP contribution in [0, 0.1) is 35.0 Å². The van der Waals surface area contributed by atoms with Crippen LogP contribution in [0.2, 0.25) is 0 Å². The first kappa shape index (κ1) is 15.7. The molecular formula is C13H13F5N2O. The summed E-state index contributed by atoms with van der Waals surface area (Å²) in [4.78, 5) is 11.7. The minimum atomic E-state index is -2.29. The summed E-state index contributed by atoms with van der Waals surface area (Å²) in [5.74, 6) is -12.3. The Morgan fingerprint density at radius 1 is 1.00 bits per heavy atom. The predicted octanol–water partition coefficient (Wildman–Crippen LogP) is 2.24. The number of rotatable bonds is 3. The molecule has 8 heteroatoms. The van der Waals surface area contributed by atoms with Gasteiger partial charge in [0.05, 0.1) is 0 Å². The molecule has 1 aromatic rings. The minimum absolute atomic E-state index is 0.0273. The van der Waals surface area contributed by atoms with Gasteiger partial charge in [0.2, 0.25) is 5.82 Å². The summed E-state index contributed by atoms with van der Waals surface area (Å²) < 4.78 is 65.7. The van der Waals surface area contributed by atoms with Crippen LogP contribution >= 0.6 is 0 Å². The van der Waals surface area contributed by atoms with E-state index < -0.39 is 40.6 Å². The molecule has 3 nitrogen and oxygen atoms in total. The fraction of sp³-hybridized carbons (Fsp3) is 0.462. The highest BCUT2D eigenvalue weighted by Gasteiger charge is 2.30. The number of carbonyl (C=O) groups excluding carboxylic acids is 1. The summed E-state index contributed by atoms with van der Waals surface area (Å²) in [6, 6.07) is -0.151. The SMILES string of the molecule is NC1CCCC1CNC(=O)c1c(F)c(F)c(F)c(F)c1F. The van der Waals surface area contributed by atoms with Gasteiger partial charge in [-0.2, -0.15) is 0 Å². The molecule has 0 radical (unpaired) electrons. The van der Waals surface area contributed by atoms with Gasteiger partial charge in [0, 0.05) is 12.6 Å². The first-order valence-corrected chi connectivity index (χ1v) is 6.39. The van der Waals surface area contributed by atoms with Crippen molar-refractivity contribution in [3.05, 3.63) is 34.6 Å². The van der Waals surface area contributed by atoms with E-state index in [0.29, 0.717) is 0 Å². The fourth-order valence-corrected chi connectivity index (χ4v) is 2.44. The lowest BCUT2D eigenvalue weighted by molar-refractivity contribution is 0.0934. The van der Waals surface area contributed by atoms with E-state index in [0.717, 1.165) is 19.3 Å². The van der Waals surface area contributed by atoms with Crippen molar-refractivity contribution < 1.29 is 26.7 Å². The Morgan fingerprint density at radius 2 is 1.52 bits per heavy atom. The van der Waals surface area contributed by atoms with Gasteiger partial charge < -0.3 is 11.1 Å². The highest BCUT2D eigenvalue weighted by atomic mass is 19.2. The van der Waals surface area contributed by atoms with Crippen LogP contribution in [-0.2, 0) is 0 Å². The Hall–Kier alpha value is -1.70. The van der Waals surface area contributed by atoms with Crippen molar-refractivity contribution in [1.29, 1.82) is 0 Å². The van der Waals surface area contributed by atoms with Gasteiger partial charge in [-0.25, -0.2) is 22.0 Å². The minimum Gasteiger partial charge on any atom is -0.352 e. The van der Waals surface area contributed by atoms with E-state index >= 15 is 0 Å². The van der Waals surface area contributed by atoms with Gasteiger partial charge in [0.25, 0.3) is 5.91 Å². The summed E-state index contributed by atoms with van der Waals surface area (Å²) >= 11 is 0. The third-order valence-electron chi connectivity index (χ3n) is 3.68. The lowest BCUT2D eigenvalue weighted by Crippen LogP contribution is -2.37. The molecule has 1 fully saturated rings. The zero-order valence-corrected chi connectivity index (χ0v) is 10.9. The Balaban J connectivity index is 2.19. The van der Waals surface area contributed by atoms with Crippen molar-refractivity contribution in [2.45, 2.75) is 25.3 Å². The second-order valence-electron chi connectivity index (χ2n) is 5.01. The number of hydrogen-bond donors (Lipinski definition) is 2. The largest absolute Gasteiger partial charge is 0.352 e. The van der Waals surface area contributed by atoms with Crippen molar-refractivity contribution >= 4 is 5.91 Å². The van der Waals surface area contributed by atoms with Crippen molar-refractivity contribution in [2.75, 3.05) is 6.54 Å². The number of amides is 1. The highest BCUT2D eigenvalue weighted by molar-refractivity contribution is 5.94. The van der Waals surface area contributed by atoms with Gasteiger partial charge in [-0.15, -0.1) is 0 Å². The van der Waals surface area contributed by atoms with Gasteiger partial charge in [-0.3, -0.25) is 4.79 Å². The third-order valence-corrected chi connectivity index (χ3v) is 3.68. The maximum atomic E-state index is 13.4. The molecule has 1 aromatic carbocycles. The maximum Gasteiger partial charge on any atom is 0.257 e. The number of nitrogens with two attached hydrogens (primary N) is 1.